The molecule has 2 heterocycles. The van der Waals surface area contributed by atoms with Crippen LogP contribution in [0, 0.1) is 11.7 Å². The average Bonchev–Trinajstić information content (AvgIpc) is 3.14. The number of hydrogen-bond donors (Lipinski definition) is 3. The molecule has 0 radical (unpaired) electrons. The van der Waals surface area contributed by atoms with Crippen LogP contribution in [0.1, 0.15) is 12.8 Å². The maximum atomic E-state index is 15.2. The van der Waals surface area contributed by atoms with Crippen molar-refractivity contribution in [2.24, 2.45) is 5.92 Å². The first-order valence-electron chi connectivity index (χ1n) is 9.91. The maximum Gasteiger partial charge on any atom is 0.232 e. The Morgan fingerprint density at radius 3 is 2.85 bits per heavy atom. The van der Waals surface area contributed by atoms with E-state index in [9.17, 15) is 9.18 Å². The van der Waals surface area contributed by atoms with E-state index in [4.69, 9.17) is 16.7 Å². The Morgan fingerprint density at radius 2 is 2.15 bits per heavy atom. The Hall–Kier alpha value is -1.69. The minimum atomic E-state index is -1.07. The molecular weight excluding hydrogens is 549 g/mol. The molecule has 1 amide bonds. The van der Waals surface area contributed by atoms with Crippen molar-refractivity contribution in [1.82, 2.24) is 15.2 Å². The van der Waals surface area contributed by atoms with E-state index >= 15 is 4.39 Å². The average molecular weight is 568 g/mol. The summed E-state index contributed by atoms with van der Waals surface area (Å²) in [5.41, 5.74) is 2.41. The molecule has 1 aliphatic rings. The van der Waals surface area contributed by atoms with Gasteiger partial charge in [-0.25, -0.2) is 13.8 Å². The minimum Gasteiger partial charge on any atom is -0.396 e. The number of hydrogen-bond acceptors (Lipinski definition) is 6. The Bertz CT molecular complexity index is 1350. The second kappa shape index (κ2) is 10.9. The van der Waals surface area contributed by atoms with E-state index in [1.165, 1.54) is 23.1 Å². The van der Waals surface area contributed by atoms with Crippen molar-refractivity contribution in [3.05, 3.63) is 35.2 Å². The van der Waals surface area contributed by atoms with Crippen molar-refractivity contribution in [1.29, 1.82) is 0 Å². The van der Waals surface area contributed by atoms with Crippen molar-refractivity contribution >= 4 is 91.7 Å². The van der Waals surface area contributed by atoms with Gasteiger partial charge in [-0.2, -0.15) is 5.10 Å². The van der Waals surface area contributed by atoms with Crippen molar-refractivity contribution in [3.8, 4) is 11.1 Å². The Balaban J connectivity index is 0.00000162. The van der Waals surface area contributed by atoms with Crippen LogP contribution >= 0.6 is 59.5 Å². The molecule has 1 saturated carbocycles. The van der Waals surface area contributed by atoms with E-state index in [0.29, 0.717) is 49.7 Å². The van der Waals surface area contributed by atoms with E-state index in [1.807, 2.05) is 6.07 Å². The first-order chi connectivity index (χ1) is 15.5. The molecule has 0 spiro atoms. The molecule has 0 saturated heterocycles. The summed E-state index contributed by atoms with van der Waals surface area (Å²) in [6.45, 7) is 0.0267. The third kappa shape index (κ3) is 4.98. The lowest BCUT2D eigenvalue weighted by atomic mass is 10.0. The number of aromatic amines is 1. The van der Waals surface area contributed by atoms with Gasteiger partial charge in [0.25, 0.3) is 0 Å². The molecule has 0 bridgehead atoms. The van der Waals surface area contributed by atoms with Gasteiger partial charge in [-0.05, 0) is 30.5 Å². The second-order valence-corrected chi connectivity index (χ2v) is 9.98. The molecule has 2 atom stereocenters. The molecule has 2 aromatic heterocycles. The van der Waals surface area contributed by atoms with Crippen molar-refractivity contribution < 1.29 is 18.7 Å². The number of amides is 1. The largest absolute Gasteiger partial charge is 0.396 e. The molecule has 1 aliphatic carbocycles. The topological polar surface area (TPSA) is 90.9 Å². The Kier molecular flexibility index (Phi) is 8.65. The van der Waals surface area contributed by atoms with Gasteiger partial charge in [0, 0.05) is 23.3 Å². The first kappa shape index (κ1) is 26.9. The third-order valence-electron chi connectivity index (χ3n) is 5.25. The van der Waals surface area contributed by atoms with Crippen LogP contribution in [0.3, 0.4) is 0 Å². The van der Waals surface area contributed by atoms with Crippen molar-refractivity contribution in [2.75, 3.05) is 17.7 Å². The molecular formula is C21H19Cl3F2N4O2S2. The second-order valence-electron chi connectivity index (χ2n) is 7.47. The van der Waals surface area contributed by atoms with Crippen LogP contribution in [0.4, 0.5) is 13.9 Å². The molecule has 4 aromatic rings. The summed E-state index contributed by atoms with van der Waals surface area (Å²) < 4.78 is 29.1. The summed E-state index contributed by atoms with van der Waals surface area (Å²) in [4.78, 5) is 16.8. The highest BCUT2D eigenvalue weighted by Gasteiger charge is 2.43. The molecule has 34 heavy (non-hydrogen) atoms. The fraction of sp³-hybridized carbons (Fsp3) is 0.286. The number of alkyl halides is 1. The molecule has 3 N–H and O–H groups in total. The van der Waals surface area contributed by atoms with Gasteiger partial charge >= 0.3 is 0 Å². The zero-order valence-electron chi connectivity index (χ0n) is 17.3. The Morgan fingerprint density at radius 1 is 1.38 bits per heavy atom. The molecule has 2 aromatic carbocycles. The van der Waals surface area contributed by atoms with Crippen molar-refractivity contribution in [2.45, 2.75) is 23.9 Å². The number of carbonyl (C=O) groups is 1. The van der Waals surface area contributed by atoms with Crippen LogP contribution in [0.2, 0.25) is 5.02 Å². The zero-order chi connectivity index (χ0) is 22.4. The number of aromatic nitrogens is 3. The van der Waals surface area contributed by atoms with Gasteiger partial charge in [0.15, 0.2) is 10.9 Å². The number of halogens is 5. The number of thiazole rings is 1. The van der Waals surface area contributed by atoms with Gasteiger partial charge < -0.3 is 10.4 Å². The van der Waals surface area contributed by atoms with Crippen LogP contribution in [-0.4, -0.2) is 44.7 Å². The zero-order valence-corrected chi connectivity index (χ0v) is 21.3. The van der Waals surface area contributed by atoms with E-state index in [1.54, 1.807) is 18.3 Å². The fourth-order valence-electron chi connectivity index (χ4n) is 3.51. The van der Waals surface area contributed by atoms with E-state index in [2.05, 4.69) is 20.5 Å². The standard InChI is InChI=1S/C21H17ClF2N4O2S2.2ClH/c22-16-15(11-8-25-28-18(11)19(17(16)24)31-5-1-4-29)9-2-3-13-14(6-9)32-21(26-13)27-20(30)10-7-12(10)23;;/h2-3,6,8,10,12,29H,1,4-5,7H2,(H,25,28)(H,26,27,30);2*1H/t10-,12+;;/m1../s1. The Labute approximate surface area is 218 Å². The summed E-state index contributed by atoms with van der Waals surface area (Å²) in [6.07, 6.45) is 1.32. The maximum absolute atomic E-state index is 15.2. The number of benzene rings is 2. The summed E-state index contributed by atoms with van der Waals surface area (Å²) in [6, 6.07) is 5.40. The van der Waals surface area contributed by atoms with Crippen LogP contribution in [0.15, 0.2) is 29.3 Å². The number of carbonyl (C=O) groups excluding carboxylic acids is 1. The van der Waals surface area contributed by atoms with Crippen molar-refractivity contribution in [3.63, 3.8) is 0 Å². The summed E-state index contributed by atoms with van der Waals surface area (Å²) in [5.74, 6) is -0.953. The number of thioether (sulfide) groups is 1. The number of nitrogens with zero attached hydrogens (tertiary/aromatic N) is 2. The number of rotatable bonds is 7. The highest BCUT2D eigenvalue weighted by molar-refractivity contribution is 7.99. The monoisotopic (exact) mass is 566 g/mol. The molecule has 0 unspecified atom stereocenters. The SMILES string of the molecule is Cl.Cl.O=C(Nc1nc2ccc(-c3c(Cl)c(F)c(SCCCO)c4[nH]ncc34)cc2s1)[C@@H]1C[C@@H]1F. The summed E-state index contributed by atoms with van der Waals surface area (Å²) in [5, 5.41) is 19.7. The number of fused-ring (bicyclic) bond motifs is 2. The number of aliphatic hydroxyl groups excluding tert-OH is 1. The molecule has 13 heteroatoms. The molecule has 6 nitrogen and oxygen atoms in total. The summed E-state index contributed by atoms with van der Waals surface area (Å²) >= 11 is 9.02. The van der Waals surface area contributed by atoms with Gasteiger partial charge in [-0.3, -0.25) is 9.89 Å². The van der Waals surface area contributed by atoms with E-state index < -0.39 is 17.9 Å². The predicted octanol–water partition coefficient (Wildman–Crippen LogP) is 6.25. The highest BCUT2D eigenvalue weighted by Crippen LogP contribution is 2.44. The third-order valence-corrected chi connectivity index (χ3v) is 7.71. The van der Waals surface area contributed by atoms with Gasteiger partial charge in [-0.15, -0.1) is 36.6 Å². The normalized spacial score (nSPS) is 16.8. The number of nitrogens with one attached hydrogen (secondary N) is 2. The molecule has 5 rings (SSSR count). The molecule has 0 aliphatic heterocycles. The van der Waals surface area contributed by atoms with Gasteiger partial charge in [0.2, 0.25) is 5.91 Å². The van der Waals surface area contributed by atoms with Gasteiger partial charge in [0.05, 0.1) is 37.8 Å². The lowest BCUT2D eigenvalue weighted by molar-refractivity contribution is -0.117. The fourth-order valence-corrected chi connectivity index (χ4v) is 5.79. The van der Waals surface area contributed by atoms with Gasteiger partial charge in [-0.1, -0.05) is 29.0 Å². The van der Waals surface area contributed by atoms with Gasteiger partial charge in [0.1, 0.15) is 6.17 Å². The smallest absolute Gasteiger partial charge is 0.232 e. The molecule has 182 valence electrons. The number of anilines is 1. The number of H-pyrrole nitrogens is 1. The van der Waals surface area contributed by atoms with Crippen LogP contribution < -0.4 is 5.32 Å². The summed E-state index contributed by atoms with van der Waals surface area (Å²) in [7, 11) is 0. The lowest BCUT2D eigenvalue weighted by Crippen LogP contribution is -2.14. The molecule has 1 fully saturated rings. The van der Waals surface area contributed by atoms with E-state index in [0.717, 1.165) is 4.70 Å². The minimum absolute atomic E-state index is 0. The van der Waals surface area contributed by atoms with Crippen LogP contribution in [-0.2, 0) is 4.79 Å². The van der Waals surface area contributed by atoms with Crippen LogP contribution in [0.25, 0.3) is 32.2 Å². The highest BCUT2D eigenvalue weighted by atomic mass is 35.5. The van der Waals surface area contributed by atoms with E-state index in [-0.39, 0.29) is 48.8 Å². The van der Waals surface area contributed by atoms with Crippen LogP contribution in [0.5, 0.6) is 0 Å². The lowest BCUT2D eigenvalue weighted by Gasteiger charge is -2.12. The quantitative estimate of drug-likeness (QED) is 0.181. The first-order valence-corrected chi connectivity index (χ1v) is 12.1. The number of aliphatic hydroxyl groups is 1. The predicted molar refractivity (Wildman–Crippen MR) is 138 cm³/mol.